The first kappa shape index (κ1) is 12.4. The molecule has 0 aliphatic rings. The maximum Gasteiger partial charge on any atom is 0.323 e. The number of nitrogens with zero attached hydrogens (tertiary/aromatic N) is 4. The average Bonchev–Trinajstić information content (AvgIpc) is 2.27. The van der Waals surface area contributed by atoms with Gasteiger partial charge < -0.3 is 15.1 Å². The molecule has 1 rings (SSSR count). The number of carboxylic acids is 2. The van der Waals surface area contributed by atoms with Crippen molar-refractivity contribution in [1.82, 2.24) is 10.2 Å². The molecule has 17 heavy (non-hydrogen) atoms. The van der Waals surface area contributed by atoms with Crippen LogP contribution in [0.5, 0.6) is 0 Å². The Morgan fingerprint density at radius 1 is 1.35 bits per heavy atom. The van der Waals surface area contributed by atoms with Crippen LogP contribution >= 0.6 is 0 Å². The molecule has 0 radical (unpaired) electrons. The van der Waals surface area contributed by atoms with Crippen LogP contribution in [0.1, 0.15) is 5.56 Å². The van der Waals surface area contributed by atoms with E-state index in [1.165, 1.54) is 12.3 Å². The lowest BCUT2D eigenvalue weighted by Crippen LogP contribution is -2.35. The molecule has 88 valence electrons. The quantitative estimate of drug-likeness (QED) is 0.688. The van der Waals surface area contributed by atoms with Crippen molar-refractivity contribution in [2.75, 3.05) is 18.0 Å². The lowest BCUT2D eigenvalue weighted by molar-refractivity contribution is -0.136. The number of aromatic nitrogens is 2. The fourth-order valence-corrected chi connectivity index (χ4v) is 1.18. The van der Waals surface area contributed by atoms with E-state index >= 15 is 0 Å². The maximum absolute atomic E-state index is 10.6. The predicted molar refractivity (Wildman–Crippen MR) is 54.2 cm³/mol. The summed E-state index contributed by atoms with van der Waals surface area (Å²) in [7, 11) is 0. The molecule has 0 aliphatic heterocycles. The van der Waals surface area contributed by atoms with Crippen LogP contribution in [0, 0.1) is 11.3 Å². The number of rotatable bonds is 5. The van der Waals surface area contributed by atoms with Crippen molar-refractivity contribution in [2.24, 2.45) is 0 Å². The Bertz CT molecular complexity index is 466. The third-order valence-electron chi connectivity index (χ3n) is 1.77. The number of nitriles is 1. The van der Waals surface area contributed by atoms with Crippen molar-refractivity contribution in [3.05, 3.63) is 17.8 Å². The van der Waals surface area contributed by atoms with E-state index in [1.807, 2.05) is 0 Å². The fourth-order valence-electron chi connectivity index (χ4n) is 1.18. The number of carbonyl (C=O) groups is 2. The van der Waals surface area contributed by atoms with Gasteiger partial charge in [0, 0.05) is 0 Å². The minimum atomic E-state index is -1.22. The Balaban J connectivity index is 3.07. The van der Waals surface area contributed by atoms with Gasteiger partial charge in [-0.2, -0.15) is 10.4 Å². The Labute approximate surface area is 95.7 Å². The standard InChI is InChI=1S/C9H8N4O4/c10-3-6-1-2-11-12-9(6)13(4-7(14)15)5-8(16)17/h1-2H,4-5H2,(H,14,15)(H,16,17). The minimum absolute atomic E-state index is 0.0557. The highest BCUT2D eigenvalue weighted by Crippen LogP contribution is 2.14. The molecule has 0 spiro atoms. The molecule has 0 atom stereocenters. The maximum atomic E-state index is 10.6. The van der Waals surface area contributed by atoms with Crippen molar-refractivity contribution in [2.45, 2.75) is 0 Å². The highest BCUT2D eigenvalue weighted by molar-refractivity contribution is 5.79. The van der Waals surface area contributed by atoms with E-state index in [2.05, 4.69) is 10.2 Å². The molecule has 0 unspecified atom stereocenters. The molecule has 1 aromatic rings. The van der Waals surface area contributed by atoms with Gasteiger partial charge in [-0.3, -0.25) is 9.59 Å². The topological polar surface area (TPSA) is 127 Å². The summed E-state index contributed by atoms with van der Waals surface area (Å²) in [5.74, 6) is -2.50. The largest absolute Gasteiger partial charge is 0.480 e. The smallest absolute Gasteiger partial charge is 0.323 e. The van der Waals surface area contributed by atoms with Crippen LogP contribution in [-0.4, -0.2) is 45.4 Å². The molecule has 0 aromatic carbocycles. The number of carboxylic acid groups (broad SMARTS) is 2. The zero-order valence-electron chi connectivity index (χ0n) is 8.57. The van der Waals surface area contributed by atoms with Crippen LogP contribution in [0.4, 0.5) is 5.82 Å². The van der Waals surface area contributed by atoms with E-state index < -0.39 is 25.0 Å². The van der Waals surface area contributed by atoms with Gasteiger partial charge in [0.05, 0.1) is 11.8 Å². The van der Waals surface area contributed by atoms with E-state index in [4.69, 9.17) is 15.5 Å². The van der Waals surface area contributed by atoms with Crippen LogP contribution < -0.4 is 4.90 Å². The second-order valence-corrected chi connectivity index (χ2v) is 3.02. The van der Waals surface area contributed by atoms with Gasteiger partial charge >= 0.3 is 11.9 Å². The molecule has 2 N–H and O–H groups in total. The van der Waals surface area contributed by atoms with Crippen molar-refractivity contribution in [3.63, 3.8) is 0 Å². The van der Waals surface area contributed by atoms with Crippen molar-refractivity contribution in [3.8, 4) is 6.07 Å². The van der Waals surface area contributed by atoms with E-state index in [-0.39, 0.29) is 11.4 Å². The highest BCUT2D eigenvalue weighted by atomic mass is 16.4. The third kappa shape index (κ3) is 3.42. The van der Waals surface area contributed by atoms with Gasteiger partial charge in [0.25, 0.3) is 0 Å². The molecule has 8 heteroatoms. The molecule has 0 aliphatic carbocycles. The van der Waals surface area contributed by atoms with Gasteiger partial charge in [-0.1, -0.05) is 0 Å². The summed E-state index contributed by atoms with van der Waals surface area (Å²) in [6.07, 6.45) is 1.27. The first-order chi connectivity index (χ1) is 8.04. The monoisotopic (exact) mass is 236 g/mol. The molecule has 8 nitrogen and oxygen atoms in total. The minimum Gasteiger partial charge on any atom is -0.480 e. The van der Waals surface area contributed by atoms with Crippen LogP contribution in [0.25, 0.3) is 0 Å². The first-order valence-corrected chi connectivity index (χ1v) is 4.45. The van der Waals surface area contributed by atoms with Crippen molar-refractivity contribution in [1.29, 1.82) is 5.26 Å². The van der Waals surface area contributed by atoms with Crippen LogP contribution in [0.2, 0.25) is 0 Å². The second kappa shape index (κ2) is 5.41. The molecule has 0 bridgehead atoms. The molecule has 1 aromatic heterocycles. The summed E-state index contributed by atoms with van der Waals surface area (Å²) in [4.78, 5) is 22.2. The fraction of sp³-hybridized carbons (Fsp3) is 0.222. The summed E-state index contributed by atoms with van der Waals surface area (Å²) < 4.78 is 0. The molecule has 0 saturated carbocycles. The Morgan fingerprint density at radius 2 is 1.94 bits per heavy atom. The third-order valence-corrected chi connectivity index (χ3v) is 1.77. The number of hydrogen-bond acceptors (Lipinski definition) is 6. The zero-order chi connectivity index (χ0) is 12.8. The lowest BCUT2D eigenvalue weighted by Gasteiger charge is -2.19. The Hall–Kier alpha value is -2.69. The predicted octanol–water partition coefficient (Wildman–Crippen LogP) is -0.676. The van der Waals surface area contributed by atoms with Gasteiger partial charge in [0.2, 0.25) is 0 Å². The van der Waals surface area contributed by atoms with Gasteiger partial charge in [0.15, 0.2) is 5.82 Å². The van der Waals surface area contributed by atoms with E-state index in [1.54, 1.807) is 6.07 Å². The van der Waals surface area contributed by atoms with Gasteiger partial charge in [-0.25, -0.2) is 0 Å². The molecule has 0 fully saturated rings. The summed E-state index contributed by atoms with van der Waals surface area (Å²) in [5, 5.41) is 33.2. The van der Waals surface area contributed by atoms with Crippen molar-refractivity contribution < 1.29 is 19.8 Å². The summed E-state index contributed by atoms with van der Waals surface area (Å²) >= 11 is 0. The number of aliphatic carboxylic acids is 2. The summed E-state index contributed by atoms with van der Waals surface area (Å²) in [5.41, 5.74) is 0.0718. The lowest BCUT2D eigenvalue weighted by atomic mass is 10.3. The Kier molecular flexibility index (Phi) is 3.94. The normalized spacial score (nSPS) is 9.35. The highest BCUT2D eigenvalue weighted by Gasteiger charge is 2.18. The molecule has 0 amide bonds. The average molecular weight is 236 g/mol. The van der Waals surface area contributed by atoms with E-state index in [0.29, 0.717) is 0 Å². The van der Waals surface area contributed by atoms with E-state index in [0.717, 1.165) is 4.90 Å². The zero-order valence-corrected chi connectivity index (χ0v) is 8.57. The first-order valence-electron chi connectivity index (χ1n) is 4.45. The second-order valence-electron chi connectivity index (χ2n) is 3.02. The van der Waals surface area contributed by atoms with Gasteiger partial charge in [0.1, 0.15) is 19.2 Å². The van der Waals surface area contributed by atoms with Gasteiger partial charge in [-0.05, 0) is 6.07 Å². The Morgan fingerprint density at radius 3 is 2.41 bits per heavy atom. The molecule has 1 heterocycles. The molecule has 0 saturated heterocycles. The molecular weight excluding hydrogens is 228 g/mol. The van der Waals surface area contributed by atoms with Crippen molar-refractivity contribution >= 4 is 17.8 Å². The summed E-state index contributed by atoms with van der Waals surface area (Å²) in [6, 6.07) is 3.12. The van der Waals surface area contributed by atoms with Gasteiger partial charge in [-0.15, -0.1) is 5.10 Å². The van der Waals surface area contributed by atoms with Crippen LogP contribution in [0.15, 0.2) is 12.3 Å². The SMILES string of the molecule is N#Cc1ccnnc1N(CC(=O)O)CC(=O)O. The van der Waals surface area contributed by atoms with E-state index in [9.17, 15) is 9.59 Å². The van der Waals surface area contributed by atoms with Crippen LogP contribution in [-0.2, 0) is 9.59 Å². The number of anilines is 1. The number of hydrogen-bond donors (Lipinski definition) is 2. The molecular formula is C9H8N4O4. The van der Waals surface area contributed by atoms with Crippen LogP contribution in [0.3, 0.4) is 0 Å². The summed E-state index contributed by atoms with van der Waals surface area (Å²) in [6.45, 7) is -1.14.